The third-order valence-electron chi connectivity index (χ3n) is 3.80. The first-order valence-corrected chi connectivity index (χ1v) is 7.23. The van der Waals surface area contributed by atoms with Crippen molar-refractivity contribution >= 4 is 28.9 Å². The van der Waals surface area contributed by atoms with E-state index in [1.165, 1.54) is 0 Å². The summed E-state index contributed by atoms with van der Waals surface area (Å²) in [5.74, 6) is -0.0325. The second kappa shape index (κ2) is 5.60. The Hall–Kier alpha value is -1.30. The maximum Gasteiger partial charge on any atom is 0.246 e. The number of fused-ring (bicyclic) bond motifs is 1. The van der Waals surface area contributed by atoms with Crippen molar-refractivity contribution in [1.29, 1.82) is 0 Å². The Morgan fingerprint density at radius 2 is 2.25 bits per heavy atom. The number of benzene rings is 1. The summed E-state index contributed by atoms with van der Waals surface area (Å²) < 4.78 is 5.47. The van der Waals surface area contributed by atoms with Crippen LogP contribution in [0.5, 0.6) is 0 Å². The predicted molar refractivity (Wildman–Crippen MR) is 79.5 cm³/mol. The molecule has 1 saturated heterocycles. The van der Waals surface area contributed by atoms with Crippen molar-refractivity contribution in [3.63, 3.8) is 0 Å². The fourth-order valence-electron chi connectivity index (χ4n) is 2.79. The third-order valence-corrected chi connectivity index (χ3v) is 4.10. The summed E-state index contributed by atoms with van der Waals surface area (Å²) in [6.07, 6.45) is 0.985. The lowest BCUT2D eigenvalue weighted by Gasteiger charge is -2.24. The zero-order valence-electron chi connectivity index (χ0n) is 11.4. The Bertz CT molecular complexity index is 527. The highest BCUT2D eigenvalue weighted by atomic mass is 35.5. The molecule has 3 rings (SSSR count). The number of likely N-dealkylation sites (N-methyl/N-ethyl adjacent to an activating group) is 1. The number of hydrogen-bond donors (Lipinski definition) is 2. The molecule has 0 radical (unpaired) electrons. The summed E-state index contributed by atoms with van der Waals surface area (Å²) in [5.41, 5.74) is 2.73. The van der Waals surface area contributed by atoms with E-state index >= 15 is 0 Å². The molecule has 1 amide bonds. The first-order chi connectivity index (χ1) is 9.70. The van der Waals surface area contributed by atoms with Gasteiger partial charge in [-0.2, -0.15) is 0 Å². The molecule has 1 aromatic rings. The Morgan fingerprint density at radius 1 is 1.40 bits per heavy atom. The number of carbonyl (C=O) groups is 1. The van der Waals surface area contributed by atoms with Gasteiger partial charge in [0.2, 0.25) is 5.91 Å². The van der Waals surface area contributed by atoms with Gasteiger partial charge in [0.05, 0.1) is 17.3 Å². The summed E-state index contributed by atoms with van der Waals surface area (Å²) >= 11 is 6.42. The van der Waals surface area contributed by atoms with Gasteiger partial charge in [-0.25, -0.2) is 0 Å². The predicted octanol–water partition coefficient (Wildman–Crippen LogP) is 1.78. The molecule has 0 aliphatic carbocycles. The molecule has 0 aromatic heterocycles. The summed E-state index contributed by atoms with van der Waals surface area (Å²) in [5, 5.41) is 6.59. The van der Waals surface area contributed by atoms with Crippen molar-refractivity contribution in [2.45, 2.75) is 12.5 Å². The minimum Gasteiger partial charge on any atom is -0.380 e. The minimum atomic E-state index is -0.316. The van der Waals surface area contributed by atoms with Gasteiger partial charge in [0.15, 0.2) is 0 Å². The lowest BCUT2D eigenvalue weighted by atomic mass is 10.1. The first kappa shape index (κ1) is 13.7. The largest absolute Gasteiger partial charge is 0.380 e. The summed E-state index contributed by atoms with van der Waals surface area (Å²) in [6.45, 7) is 3.24. The van der Waals surface area contributed by atoms with Crippen molar-refractivity contribution in [2.75, 3.05) is 43.6 Å². The quantitative estimate of drug-likeness (QED) is 0.873. The second-order valence-electron chi connectivity index (χ2n) is 5.05. The number of ether oxygens (including phenoxy) is 1. The lowest BCUT2D eigenvalue weighted by molar-refractivity contribution is -0.117. The van der Waals surface area contributed by atoms with Gasteiger partial charge >= 0.3 is 0 Å². The lowest BCUT2D eigenvalue weighted by Crippen LogP contribution is -2.26. The van der Waals surface area contributed by atoms with Crippen LogP contribution in [0, 0.1) is 0 Å². The average molecular weight is 296 g/mol. The second-order valence-corrected chi connectivity index (χ2v) is 5.46. The molecule has 5 nitrogen and oxygen atoms in total. The van der Waals surface area contributed by atoms with Gasteiger partial charge in [0, 0.05) is 30.9 Å². The minimum absolute atomic E-state index is 0.0325. The number of nitrogens with one attached hydrogen (secondary N) is 2. The van der Waals surface area contributed by atoms with E-state index in [0.29, 0.717) is 11.6 Å². The molecular weight excluding hydrogens is 278 g/mol. The molecule has 20 heavy (non-hydrogen) atoms. The normalized spacial score (nSPS) is 22.4. The smallest absolute Gasteiger partial charge is 0.246 e. The highest BCUT2D eigenvalue weighted by molar-refractivity contribution is 6.33. The van der Waals surface area contributed by atoms with Gasteiger partial charge < -0.3 is 20.3 Å². The molecule has 2 N–H and O–H groups in total. The molecule has 0 bridgehead atoms. The van der Waals surface area contributed by atoms with Gasteiger partial charge in [-0.1, -0.05) is 11.6 Å². The molecule has 0 spiro atoms. The van der Waals surface area contributed by atoms with E-state index in [-0.39, 0.29) is 11.9 Å². The molecule has 2 heterocycles. The summed E-state index contributed by atoms with van der Waals surface area (Å²) in [6, 6.07) is 3.54. The van der Waals surface area contributed by atoms with Crippen molar-refractivity contribution in [1.82, 2.24) is 5.32 Å². The summed E-state index contributed by atoms with van der Waals surface area (Å²) in [7, 11) is 1.77. The molecular formula is C14H18ClN3O2. The van der Waals surface area contributed by atoms with E-state index in [0.717, 1.165) is 43.1 Å². The number of halogens is 1. The van der Waals surface area contributed by atoms with E-state index in [2.05, 4.69) is 15.5 Å². The van der Waals surface area contributed by atoms with Crippen LogP contribution in [-0.4, -0.2) is 39.3 Å². The number of nitrogens with zero attached hydrogens (tertiary/aromatic N) is 1. The maximum atomic E-state index is 11.9. The van der Waals surface area contributed by atoms with Crippen LogP contribution in [0.4, 0.5) is 11.4 Å². The van der Waals surface area contributed by atoms with Crippen LogP contribution in [0.15, 0.2) is 12.1 Å². The maximum absolute atomic E-state index is 11.9. The Labute approximate surface area is 123 Å². The van der Waals surface area contributed by atoms with Gasteiger partial charge in [-0.3, -0.25) is 4.79 Å². The highest BCUT2D eigenvalue weighted by Gasteiger charge is 2.30. The van der Waals surface area contributed by atoms with Crippen molar-refractivity contribution in [2.24, 2.45) is 0 Å². The van der Waals surface area contributed by atoms with Crippen LogP contribution in [0.25, 0.3) is 0 Å². The molecule has 1 atom stereocenters. The topological polar surface area (TPSA) is 53.6 Å². The molecule has 1 fully saturated rings. The molecule has 2 aliphatic rings. The van der Waals surface area contributed by atoms with Gasteiger partial charge in [0.1, 0.15) is 6.04 Å². The summed E-state index contributed by atoms with van der Waals surface area (Å²) in [4.78, 5) is 14.1. The van der Waals surface area contributed by atoms with Crippen molar-refractivity contribution in [3.8, 4) is 0 Å². The van der Waals surface area contributed by atoms with Crippen molar-refractivity contribution < 1.29 is 9.53 Å². The zero-order valence-corrected chi connectivity index (χ0v) is 12.2. The van der Waals surface area contributed by atoms with Crippen LogP contribution < -0.4 is 15.5 Å². The number of rotatable bonds is 2. The van der Waals surface area contributed by atoms with E-state index < -0.39 is 0 Å². The average Bonchev–Trinajstić information content (AvgIpc) is 2.62. The van der Waals surface area contributed by atoms with Gasteiger partial charge in [-0.15, -0.1) is 0 Å². The van der Waals surface area contributed by atoms with Crippen LogP contribution in [0.3, 0.4) is 0 Å². The first-order valence-electron chi connectivity index (χ1n) is 6.85. The highest BCUT2D eigenvalue weighted by Crippen LogP contribution is 2.38. The molecule has 0 saturated carbocycles. The van der Waals surface area contributed by atoms with Crippen LogP contribution in [-0.2, 0) is 9.53 Å². The van der Waals surface area contributed by atoms with E-state index in [4.69, 9.17) is 16.3 Å². The van der Waals surface area contributed by atoms with Gasteiger partial charge in [-0.05, 0) is 25.6 Å². The molecule has 6 heteroatoms. The molecule has 1 unspecified atom stereocenters. The number of amides is 1. The molecule has 2 aliphatic heterocycles. The van der Waals surface area contributed by atoms with Gasteiger partial charge in [0.25, 0.3) is 0 Å². The third kappa shape index (κ3) is 2.37. The van der Waals surface area contributed by atoms with E-state index in [9.17, 15) is 4.79 Å². The standard InChI is InChI=1S/C14H18ClN3O2/c1-16-13-9-7-10(15)12(8-11(9)17-14(13)19)18-3-2-5-20-6-4-18/h7-8,13,16H,2-6H2,1H3,(H,17,19). The number of anilines is 2. The van der Waals surface area contributed by atoms with Crippen LogP contribution >= 0.6 is 11.6 Å². The number of hydrogen-bond acceptors (Lipinski definition) is 4. The number of carbonyl (C=O) groups excluding carboxylic acids is 1. The fraction of sp³-hybridized carbons (Fsp3) is 0.500. The van der Waals surface area contributed by atoms with Crippen molar-refractivity contribution in [3.05, 3.63) is 22.7 Å². The SMILES string of the molecule is CNC1C(=O)Nc2cc(N3CCCOCC3)c(Cl)cc21. The Kier molecular flexibility index (Phi) is 3.83. The van der Waals surface area contributed by atoms with E-state index in [1.54, 1.807) is 7.05 Å². The van der Waals surface area contributed by atoms with Crippen LogP contribution in [0.2, 0.25) is 5.02 Å². The Morgan fingerprint density at radius 3 is 3.05 bits per heavy atom. The monoisotopic (exact) mass is 295 g/mol. The van der Waals surface area contributed by atoms with Crippen LogP contribution in [0.1, 0.15) is 18.0 Å². The fourth-order valence-corrected chi connectivity index (χ4v) is 3.08. The molecule has 108 valence electrons. The Balaban J connectivity index is 1.94. The zero-order chi connectivity index (χ0) is 14.1. The molecule has 1 aromatic carbocycles. The van der Waals surface area contributed by atoms with E-state index in [1.807, 2.05) is 12.1 Å².